The van der Waals surface area contributed by atoms with Crippen LogP contribution >= 0.6 is 0 Å². The Kier molecular flexibility index (Phi) is 7.26. The Hall–Kier alpha value is -1.59. The van der Waals surface area contributed by atoms with Crippen molar-refractivity contribution >= 4 is 6.09 Å². The molecule has 25 heavy (non-hydrogen) atoms. The fourth-order valence-corrected chi connectivity index (χ4v) is 3.02. The summed E-state index contributed by atoms with van der Waals surface area (Å²) in [5.41, 5.74) is 0.653. The van der Waals surface area contributed by atoms with Crippen LogP contribution in [0.15, 0.2) is 30.3 Å². The number of nitrogens with zero attached hydrogens (tertiary/aromatic N) is 1. The van der Waals surface area contributed by atoms with Gasteiger partial charge in [-0.1, -0.05) is 30.3 Å². The maximum atomic E-state index is 12.1. The van der Waals surface area contributed by atoms with E-state index in [4.69, 9.17) is 9.47 Å². The molecular weight excluding hydrogens is 318 g/mol. The van der Waals surface area contributed by atoms with Crippen LogP contribution in [-0.2, 0) is 16.1 Å². The van der Waals surface area contributed by atoms with Crippen molar-refractivity contribution in [2.45, 2.75) is 58.3 Å². The molecule has 1 aromatic carbocycles. The molecule has 0 aliphatic carbocycles. The fourth-order valence-electron chi connectivity index (χ4n) is 3.02. The summed E-state index contributed by atoms with van der Waals surface area (Å²) in [6.45, 7) is 7.89. The highest BCUT2D eigenvalue weighted by Crippen LogP contribution is 2.23. The van der Waals surface area contributed by atoms with E-state index in [0.717, 1.165) is 24.8 Å². The summed E-state index contributed by atoms with van der Waals surface area (Å²) >= 11 is 0. The maximum Gasteiger partial charge on any atom is 0.410 e. The Bertz CT molecular complexity index is 518. The Labute approximate surface area is 150 Å². The average molecular weight is 349 g/mol. The molecule has 0 bridgehead atoms. The van der Waals surface area contributed by atoms with Crippen LogP contribution in [0.3, 0.4) is 0 Å². The zero-order valence-electron chi connectivity index (χ0n) is 15.6. The van der Waals surface area contributed by atoms with Gasteiger partial charge in [-0.3, -0.25) is 0 Å². The van der Waals surface area contributed by atoms with Crippen LogP contribution in [0.4, 0.5) is 4.79 Å². The molecule has 1 fully saturated rings. The van der Waals surface area contributed by atoms with Crippen molar-refractivity contribution in [3.8, 4) is 0 Å². The smallest absolute Gasteiger partial charge is 0.410 e. The molecule has 1 aromatic rings. The second-order valence-electron chi connectivity index (χ2n) is 7.80. The van der Waals surface area contributed by atoms with Gasteiger partial charge in [-0.25, -0.2) is 4.79 Å². The van der Waals surface area contributed by atoms with Crippen molar-refractivity contribution < 1.29 is 19.4 Å². The molecule has 0 spiro atoms. The summed E-state index contributed by atoms with van der Waals surface area (Å²) in [6.07, 6.45) is 1.82. The largest absolute Gasteiger partial charge is 0.444 e. The predicted molar refractivity (Wildman–Crippen MR) is 97.3 cm³/mol. The van der Waals surface area contributed by atoms with Gasteiger partial charge in [0, 0.05) is 13.1 Å². The predicted octanol–water partition coefficient (Wildman–Crippen LogP) is 3.60. The molecule has 1 atom stereocenters. The zero-order chi connectivity index (χ0) is 18.3. The summed E-state index contributed by atoms with van der Waals surface area (Å²) in [6, 6.07) is 9.96. The van der Waals surface area contributed by atoms with Crippen LogP contribution in [0, 0.1) is 5.92 Å². The number of hydrogen-bond donors (Lipinski definition) is 1. The molecule has 1 N–H and O–H groups in total. The number of amides is 1. The van der Waals surface area contributed by atoms with Crippen molar-refractivity contribution in [1.29, 1.82) is 0 Å². The molecule has 0 saturated carbocycles. The normalized spacial score (nSPS) is 17.4. The number of piperidine rings is 1. The first-order chi connectivity index (χ1) is 11.8. The van der Waals surface area contributed by atoms with E-state index in [2.05, 4.69) is 0 Å². The molecular formula is C20H31NO4. The van der Waals surface area contributed by atoms with Crippen LogP contribution in [0.1, 0.15) is 45.6 Å². The highest BCUT2D eigenvalue weighted by Gasteiger charge is 2.27. The average Bonchev–Trinajstić information content (AvgIpc) is 2.55. The van der Waals surface area contributed by atoms with Gasteiger partial charge < -0.3 is 19.5 Å². The molecule has 5 heteroatoms. The third-order valence-electron chi connectivity index (χ3n) is 4.29. The number of ether oxygens (including phenoxy) is 2. The van der Waals surface area contributed by atoms with E-state index in [0.29, 0.717) is 32.2 Å². The minimum Gasteiger partial charge on any atom is -0.444 e. The molecule has 140 valence electrons. The minimum atomic E-state index is -0.458. The topological polar surface area (TPSA) is 59.0 Å². The number of carbonyl (C=O) groups excluding carboxylic acids is 1. The first kappa shape index (κ1) is 19.7. The fraction of sp³-hybridized carbons (Fsp3) is 0.650. The number of aliphatic hydroxyl groups is 1. The highest BCUT2D eigenvalue weighted by molar-refractivity contribution is 5.68. The highest BCUT2D eigenvalue weighted by atomic mass is 16.6. The molecule has 1 aliphatic heterocycles. The molecule has 0 unspecified atom stereocenters. The van der Waals surface area contributed by atoms with Gasteiger partial charge in [-0.2, -0.15) is 0 Å². The first-order valence-corrected chi connectivity index (χ1v) is 9.11. The van der Waals surface area contributed by atoms with Crippen LogP contribution in [0.25, 0.3) is 0 Å². The van der Waals surface area contributed by atoms with E-state index in [9.17, 15) is 9.90 Å². The van der Waals surface area contributed by atoms with Crippen molar-refractivity contribution in [3.05, 3.63) is 35.9 Å². The van der Waals surface area contributed by atoms with Crippen LogP contribution in [0.5, 0.6) is 0 Å². The van der Waals surface area contributed by atoms with Crippen molar-refractivity contribution in [3.63, 3.8) is 0 Å². The quantitative estimate of drug-likeness (QED) is 0.852. The Balaban J connectivity index is 1.63. The van der Waals surface area contributed by atoms with E-state index in [1.807, 2.05) is 51.1 Å². The molecule has 1 heterocycles. The number of benzene rings is 1. The summed E-state index contributed by atoms with van der Waals surface area (Å²) in [4.78, 5) is 13.8. The van der Waals surface area contributed by atoms with E-state index >= 15 is 0 Å². The molecule has 0 aromatic heterocycles. The second-order valence-corrected chi connectivity index (χ2v) is 7.80. The molecule has 2 rings (SSSR count). The minimum absolute atomic E-state index is 0.238. The number of aliphatic hydroxyl groups excluding tert-OH is 1. The lowest BCUT2D eigenvalue weighted by Crippen LogP contribution is -2.42. The summed E-state index contributed by atoms with van der Waals surface area (Å²) in [5.74, 6) is 0.425. The lowest BCUT2D eigenvalue weighted by atomic mass is 9.91. The lowest BCUT2D eigenvalue weighted by molar-refractivity contribution is 0.00268. The maximum absolute atomic E-state index is 12.1. The van der Waals surface area contributed by atoms with Crippen molar-refractivity contribution in [1.82, 2.24) is 4.90 Å². The van der Waals surface area contributed by atoms with Gasteiger partial charge in [0.25, 0.3) is 0 Å². The molecule has 1 saturated heterocycles. The van der Waals surface area contributed by atoms with Gasteiger partial charge in [-0.05, 0) is 51.5 Å². The summed E-state index contributed by atoms with van der Waals surface area (Å²) < 4.78 is 11.0. The van der Waals surface area contributed by atoms with Crippen LogP contribution < -0.4 is 0 Å². The summed E-state index contributed by atoms with van der Waals surface area (Å²) in [5, 5.41) is 10.2. The molecule has 5 nitrogen and oxygen atoms in total. The number of carbonyl (C=O) groups is 1. The van der Waals surface area contributed by atoms with Gasteiger partial charge in [0.2, 0.25) is 0 Å². The lowest BCUT2D eigenvalue weighted by Gasteiger charge is -2.34. The SMILES string of the molecule is CC(C)(C)OC(=O)N1CCC(C[C@@H](O)COCc2ccccc2)CC1. The van der Waals surface area contributed by atoms with E-state index in [1.54, 1.807) is 4.90 Å². The summed E-state index contributed by atoms with van der Waals surface area (Å²) in [7, 11) is 0. The molecule has 1 amide bonds. The molecule has 1 aliphatic rings. The zero-order valence-corrected chi connectivity index (χ0v) is 15.6. The van der Waals surface area contributed by atoms with Crippen LogP contribution in [0.2, 0.25) is 0 Å². The third kappa shape index (κ3) is 7.45. The Morgan fingerprint density at radius 3 is 2.48 bits per heavy atom. The van der Waals surface area contributed by atoms with Gasteiger partial charge >= 0.3 is 6.09 Å². The van der Waals surface area contributed by atoms with Gasteiger partial charge in [0.1, 0.15) is 5.60 Å². The van der Waals surface area contributed by atoms with Gasteiger partial charge in [0.05, 0.1) is 19.3 Å². The first-order valence-electron chi connectivity index (χ1n) is 9.11. The van der Waals surface area contributed by atoms with E-state index < -0.39 is 11.7 Å². The third-order valence-corrected chi connectivity index (χ3v) is 4.29. The number of likely N-dealkylation sites (tertiary alicyclic amines) is 1. The number of rotatable bonds is 6. The second kappa shape index (κ2) is 9.20. The van der Waals surface area contributed by atoms with Crippen molar-refractivity contribution in [2.24, 2.45) is 5.92 Å². The van der Waals surface area contributed by atoms with Crippen LogP contribution in [-0.4, -0.2) is 47.5 Å². The van der Waals surface area contributed by atoms with Crippen molar-refractivity contribution in [2.75, 3.05) is 19.7 Å². The van der Waals surface area contributed by atoms with E-state index in [1.165, 1.54) is 0 Å². The van der Waals surface area contributed by atoms with Gasteiger partial charge in [-0.15, -0.1) is 0 Å². The Morgan fingerprint density at radius 2 is 1.88 bits per heavy atom. The molecule has 0 radical (unpaired) electrons. The van der Waals surface area contributed by atoms with E-state index in [-0.39, 0.29) is 6.09 Å². The Morgan fingerprint density at radius 1 is 1.24 bits per heavy atom. The number of hydrogen-bond acceptors (Lipinski definition) is 4. The van der Waals surface area contributed by atoms with Gasteiger partial charge in [0.15, 0.2) is 0 Å². The monoisotopic (exact) mass is 349 g/mol. The standard InChI is InChI=1S/C20H31NO4/c1-20(2,3)25-19(23)21-11-9-16(10-12-21)13-18(22)15-24-14-17-7-5-4-6-8-17/h4-8,16,18,22H,9-15H2,1-3H3/t18-/m1/s1.